The van der Waals surface area contributed by atoms with Crippen molar-refractivity contribution >= 4 is 109 Å². The summed E-state index contributed by atoms with van der Waals surface area (Å²) in [5.74, 6) is 0. The minimum atomic E-state index is 0.479. The van der Waals surface area contributed by atoms with Gasteiger partial charge in [-0.3, -0.25) is 0 Å². The molecule has 0 spiro atoms. The highest BCUT2D eigenvalue weighted by atomic mass is 15.2. The van der Waals surface area contributed by atoms with Gasteiger partial charge < -0.3 is 22.8 Å². The highest BCUT2D eigenvalue weighted by Gasteiger charge is 2.37. The molecule has 6 heteroatoms. The van der Waals surface area contributed by atoms with Gasteiger partial charge in [0.25, 0.3) is 0 Å². The van der Waals surface area contributed by atoms with Crippen molar-refractivity contribution in [3.8, 4) is 101 Å². The van der Waals surface area contributed by atoms with Crippen LogP contribution < -0.4 is 0 Å². The molecule has 0 aliphatic rings. The number of rotatable bonds is 11. The molecule has 0 aliphatic heterocycles. The Balaban J connectivity index is 1.04. The van der Waals surface area contributed by atoms with Gasteiger partial charge in [0.1, 0.15) is 11.6 Å². The second-order valence-corrected chi connectivity index (χ2v) is 28.6. The fourth-order valence-corrected chi connectivity index (χ4v) is 17.8. The van der Waals surface area contributed by atoms with E-state index in [1.54, 1.807) is 0 Å². The molecular formula is C103H64N6. The van der Waals surface area contributed by atoms with Crippen molar-refractivity contribution in [2.75, 3.05) is 0 Å². The molecule has 0 radical (unpaired) electrons. The number of hydrogen-bond donors (Lipinski definition) is 0. The van der Waals surface area contributed by atoms with Crippen LogP contribution >= 0.6 is 0 Å². The molecule has 0 saturated heterocycles. The maximum Gasteiger partial charge on any atom is 0.105 e. The van der Waals surface area contributed by atoms with E-state index >= 15 is 0 Å². The fraction of sp³-hybridized carbons (Fsp3) is 0. The Bertz CT molecular complexity index is 6760. The van der Waals surface area contributed by atoms with Crippen molar-refractivity contribution in [3.05, 3.63) is 394 Å². The molecule has 0 atom stereocenters. The molecule has 22 aromatic rings. The molecule has 5 aromatic heterocycles. The van der Waals surface area contributed by atoms with Crippen molar-refractivity contribution in [2.24, 2.45) is 0 Å². The molecule has 0 bridgehead atoms. The van der Waals surface area contributed by atoms with Gasteiger partial charge in [0.15, 0.2) is 0 Å². The molecule has 17 aromatic carbocycles. The topological polar surface area (TPSA) is 48.4 Å². The van der Waals surface area contributed by atoms with Crippen LogP contribution in [0.3, 0.4) is 0 Å². The Morgan fingerprint density at radius 1 is 0.147 bits per heavy atom. The molecule has 22 rings (SSSR count). The van der Waals surface area contributed by atoms with E-state index in [1.807, 2.05) is 0 Å². The summed E-state index contributed by atoms with van der Waals surface area (Å²) in [6.45, 7) is 0. The van der Waals surface area contributed by atoms with Crippen LogP contribution in [0.1, 0.15) is 5.56 Å². The van der Waals surface area contributed by atoms with Gasteiger partial charge in [-0.05, 0) is 164 Å². The molecule has 0 aliphatic carbocycles. The van der Waals surface area contributed by atoms with Crippen LogP contribution in [0.25, 0.3) is 204 Å². The van der Waals surface area contributed by atoms with Crippen molar-refractivity contribution < 1.29 is 0 Å². The summed E-state index contributed by atoms with van der Waals surface area (Å²) in [6, 6.07) is 145. The molecule has 0 unspecified atom stereocenters. The van der Waals surface area contributed by atoms with Gasteiger partial charge in [-0.25, -0.2) is 0 Å². The monoisotopic (exact) mass is 1380 g/mol. The van der Waals surface area contributed by atoms with Gasteiger partial charge in [0, 0.05) is 53.9 Å². The minimum Gasteiger partial charge on any atom is -0.306 e. The lowest BCUT2D eigenvalue weighted by atomic mass is 10.0. The summed E-state index contributed by atoms with van der Waals surface area (Å²) in [6.07, 6.45) is 0. The first-order valence-electron chi connectivity index (χ1n) is 37.3. The molecule has 0 fully saturated rings. The maximum absolute atomic E-state index is 13.9. The van der Waals surface area contributed by atoms with Crippen LogP contribution in [-0.4, -0.2) is 22.8 Å². The molecule has 6 nitrogen and oxygen atoms in total. The van der Waals surface area contributed by atoms with Crippen molar-refractivity contribution in [3.63, 3.8) is 0 Å². The summed E-state index contributed by atoms with van der Waals surface area (Å²) in [7, 11) is 0. The summed E-state index contributed by atoms with van der Waals surface area (Å²) in [5.41, 5.74) is 27.5. The van der Waals surface area contributed by atoms with Gasteiger partial charge >= 0.3 is 0 Å². The highest BCUT2D eigenvalue weighted by molar-refractivity contribution is 6.20. The van der Waals surface area contributed by atoms with E-state index in [-0.39, 0.29) is 0 Å². The number of nitriles is 1. The quantitative estimate of drug-likeness (QED) is 0.127. The Morgan fingerprint density at radius 2 is 0.312 bits per heavy atom. The van der Waals surface area contributed by atoms with Gasteiger partial charge in [-0.1, -0.05) is 291 Å². The van der Waals surface area contributed by atoms with E-state index in [1.165, 1.54) is 0 Å². The third-order valence-corrected chi connectivity index (χ3v) is 22.7. The molecule has 0 saturated carbocycles. The van der Waals surface area contributed by atoms with E-state index in [0.717, 1.165) is 204 Å². The zero-order valence-electron chi connectivity index (χ0n) is 59.1. The van der Waals surface area contributed by atoms with Crippen LogP contribution in [0.2, 0.25) is 0 Å². The molecule has 0 amide bonds. The molecule has 506 valence electrons. The van der Waals surface area contributed by atoms with E-state index in [4.69, 9.17) is 0 Å². The predicted octanol–water partition coefficient (Wildman–Crippen LogP) is 27.0. The summed E-state index contributed by atoms with van der Waals surface area (Å²) in [5, 5.41) is 24.6. The van der Waals surface area contributed by atoms with Crippen LogP contribution in [0.15, 0.2) is 388 Å². The van der Waals surface area contributed by atoms with Crippen LogP contribution in [0, 0.1) is 11.3 Å². The van der Waals surface area contributed by atoms with Gasteiger partial charge in [-0.15, -0.1) is 0 Å². The molecule has 109 heavy (non-hydrogen) atoms. The summed E-state index contributed by atoms with van der Waals surface area (Å²) in [4.78, 5) is 0. The van der Waals surface area contributed by atoms with Crippen molar-refractivity contribution in [2.45, 2.75) is 0 Å². The first kappa shape index (κ1) is 61.7. The lowest BCUT2D eigenvalue weighted by Crippen LogP contribution is -2.18. The lowest BCUT2D eigenvalue weighted by Gasteiger charge is -2.30. The third kappa shape index (κ3) is 9.54. The third-order valence-electron chi connectivity index (χ3n) is 22.7. The van der Waals surface area contributed by atoms with Crippen LogP contribution in [0.4, 0.5) is 0 Å². The standard InChI is InChI=1S/C103H64N6/c104-65-88-99(105-93-53-47-72(66-27-7-1-8-28-66)59-82(93)83-60-73(48-54-94(83)105)67-29-9-2-10-30-67)101(107-89-43-23-19-39-78(89)79-40-20-24-44-90(79)107)103(109-97-57-51-76(70-35-15-5-16-36-70)63-86(97)87-64-77(52-58-98(87)109)71-37-17-6-18-38-71)102(108-91-45-25-21-41-80(91)81-42-22-26-46-92(81)108)100(88)106-95-55-49-74(68-31-11-3-12-32-68)61-84(95)85-62-75(50-56-96(85)106)69-33-13-4-14-34-69/h1-64H. The Kier molecular flexibility index (Phi) is 14.0. The van der Waals surface area contributed by atoms with Gasteiger partial charge in [0.2, 0.25) is 0 Å². The number of benzene rings is 17. The zero-order chi connectivity index (χ0) is 71.8. The number of hydrogen-bond acceptors (Lipinski definition) is 1. The zero-order valence-corrected chi connectivity index (χ0v) is 59.1. The fourth-order valence-electron chi connectivity index (χ4n) is 17.8. The van der Waals surface area contributed by atoms with Gasteiger partial charge in [0.05, 0.1) is 83.6 Å². The van der Waals surface area contributed by atoms with Crippen LogP contribution in [0.5, 0.6) is 0 Å². The van der Waals surface area contributed by atoms with E-state index in [2.05, 4.69) is 417 Å². The second-order valence-electron chi connectivity index (χ2n) is 28.6. The smallest absolute Gasteiger partial charge is 0.105 e. The SMILES string of the molecule is N#Cc1c(-n2c3ccc(-c4ccccc4)cc3c3cc(-c4ccccc4)ccc32)c(-n2c3ccccc3c3ccccc32)c(-n2c3ccc(-c4ccccc4)cc3c3cc(-c4ccccc4)ccc32)c(-n2c3ccccc3c3ccccc32)c1-n1c2ccc(-c3ccccc3)cc2c2cc(-c3ccccc3)ccc21. The number of nitrogens with zero attached hydrogens (tertiary/aromatic N) is 6. The summed E-state index contributed by atoms with van der Waals surface area (Å²) >= 11 is 0. The first-order valence-corrected chi connectivity index (χ1v) is 37.3. The lowest BCUT2D eigenvalue weighted by molar-refractivity contribution is 0.992. The van der Waals surface area contributed by atoms with Crippen molar-refractivity contribution in [1.29, 1.82) is 5.26 Å². The van der Waals surface area contributed by atoms with E-state index in [9.17, 15) is 5.26 Å². The van der Waals surface area contributed by atoms with E-state index in [0.29, 0.717) is 5.56 Å². The Hall–Kier alpha value is -14.8. The Labute approximate surface area is 628 Å². The molecule has 0 N–H and O–H groups in total. The number of aromatic nitrogens is 5. The summed E-state index contributed by atoms with van der Waals surface area (Å²) < 4.78 is 12.6. The first-order chi connectivity index (χ1) is 54.1. The van der Waals surface area contributed by atoms with Gasteiger partial charge in [-0.2, -0.15) is 5.26 Å². The minimum absolute atomic E-state index is 0.479. The van der Waals surface area contributed by atoms with Crippen LogP contribution in [-0.2, 0) is 0 Å². The molecule has 5 heterocycles. The average molecular weight is 1390 g/mol. The number of fused-ring (bicyclic) bond motifs is 15. The Morgan fingerprint density at radius 3 is 0.514 bits per heavy atom. The number of para-hydroxylation sites is 4. The normalized spacial score (nSPS) is 11.8. The largest absolute Gasteiger partial charge is 0.306 e. The second kappa shape index (κ2) is 24.7. The van der Waals surface area contributed by atoms with Crippen molar-refractivity contribution in [1.82, 2.24) is 22.8 Å². The van der Waals surface area contributed by atoms with E-state index < -0.39 is 0 Å². The highest BCUT2D eigenvalue weighted by Crippen LogP contribution is 2.53. The maximum atomic E-state index is 13.9. The average Bonchev–Trinajstić information content (AvgIpc) is 1.54. The molecular weight excluding hydrogens is 1320 g/mol. The predicted molar refractivity (Wildman–Crippen MR) is 455 cm³/mol.